The number of pyridine rings is 1. The van der Waals surface area contributed by atoms with Crippen LogP contribution in [0, 0.1) is 6.92 Å². The zero-order chi connectivity index (χ0) is 12.1. The van der Waals surface area contributed by atoms with E-state index in [2.05, 4.69) is 43.7 Å². The second-order valence-corrected chi connectivity index (χ2v) is 5.33. The van der Waals surface area contributed by atoms with Crippen LogP contribution in [-0.2, 0) is 0 Å². The van der Waals surface area contributed by atoms with Gasteiger partial charge >= 0.3 is 0 Å². The Morgan fingerprint density at radius 2 is 2.18 bits per heavy atom. The van der Waals surface area contributed by atoms with Crippen molar-refractivity contribution in [2.45, 2.75) is 13.3 Å². The minimum atomic E-state index is 1.07. The summed E-state index contributed by atoms with van der Waals surface area (Å²) in [5.41, 5.74) is 2.63. The topological polar surface area (TPSA) is 19.4 Å². The molecule has 0 radical (unpaired) electrons. The number of halogens is 1. The zero-order valence-corrected chi connectivity index (χ0v) is 12.0. The van der Waals surface area contributed by atoms with Crippen molar-refractivity contribution in [1.82, 2.24) is 9.88 Å². The summed E-state index contributed by atoms with van der Waals surface area (Å²) in [5.74, 6) is 0. The van der Waals surface area contributed by atoms with Gasteiger partial charge in [-0.2, -0.15) is 0 Å². The van der Waals surface area contributed by atoms with E-state index in [9.17, 15) is 0 Å². The molecule has 0 aliphatic carbocycles. The molecular formula is C13H20BrN3. The Labute approximate surface area is 112 Å². The molecular weight excluding hydrogens is 278 g/mol. The molecule has 3 nitrogen and oxygen atoms in total. The molecule has 0 amide bonds. The van der Waals surface area contributed by atoms with Gasteiger partial charge in [-0.1, -0.05) is 15.9 Å². The van der Waals surface area contributed by atoms with Gasteiger partial charge in [0.1, 0.15) is 0 Å². The van der Waals surface area contributed by atoms with E-state index < -0.39 is 0 Å². The van der Waals surface area contributed by atoms with E-state index in [4.69, 9.17) is 0 Å². The van der Waals surface area contributed by atoms with Gasteiger partial charge in [0.15, 0.2) is 0 Å². The van der Waals surface area contributed by atoms with E-state index >= 15 is 0 Å². The highest BCUT2D eigenvalue weighted by atomic mass is 79.9. The number of aromatic nitrogens is 1. The Bertz CT molecular complexity index is 356. The van der Waals surface area contributed by atoms with Gasteiger partial charge in [0.05, 0.1) is 0 Å². The fourth-order valence-corrected chi connectivity index (χ4v) is 2.88. The lowest BCUT2D eigenvalue weighted by Crippen LogP contribution is -2.32. The predicted molar refractivity (Wildman–Crippen MR) is 76.0 cm³/mol. The number of anilines is 1. The van der Waals surface area contributed by atoms with Crippen LogP contribution in [0.4, 0.5) is 5.69 Å². The maximum atomic E-state index is 4.16. The monoisotopic (exact) mass is 297 g/mol. The first-order chi connectivity index (χ1) is 8.31. The van der Waals surface area contributed by atoms with Gasteiger partial charge in [-0.15, -0.1) is 0 Å². The molecule has 0 atom stereocenters. The average Bonchev–Trinajstić information content (AvgIpc) is 2.56. The third-order valence-electron chi connectivity index (χ3n) is 3.32. The van der Waals surface area contributed by atoms with Gasteiger partial charge in [0.2, 0.25) is 0 Å². The first kappa shape index (κ1) is 12.8. The third kappa shape index (κ3) is 3.42. The molecule has 1 aromatic rings. The van der Waals surface area contributed by atoms with Crippen molar-refractivity contribution >= 4 is 21.6 Å². The van der Waals surface area contributed by atoms with E-state index in [0.717, 1.165) is 31.5 Å². The molecule has 1 fully saturated rings. The fraction of sp³-hybridized carbons (Fsp3) is 0.615. The van der Waals surface area contributed by atoms with Crippen LogP contribution in [0.1, 0.15) is 12.0 Å². The summed E-state index contributed by atoms with van der Waals surface area (Å²) >= 11 is 3.52. The van der Waals surface area contributed by atoms with Gasteiger partial charge in [-0.05, 0) is 31.5 Å². The zero-order valence-electron chi connectivity index (χ0n) is 10.4. The van der Waals surface area contributed by atoms with Gasteiger partial charge in [0, 0.05) is 49.6 Å². The smallest absolute Gasteiger partial charge is 0.0427 e. The van der Waals surface area contributed by atoms with Crippen LogP contribution in [-0.4, -0.2) is 47.9 Å². The Morgan fingerprint density at radius 1 is 1.29 bits per heavy atom. The van der Waals surface area contributed by atoms with Gasteiger partial charge in [-0.25, -0.2) is 0 Å². The van der Waals surface area contributed by atoms with Crippen molar-refractivity contribution in [3.05, 3.63) is 24.0 Å². The summed E-state index contributed by atoms with van der Waals surface area (Å²) in [6.07, 6.45) is 5.09. The number of hydrogen-bond acceptors (Lipinski definition) is 3. The van der Waals surface area contributed by atoms with Crippen molar-refractivity contribution < 1.29 is 0 Å². The average molecular weight is 298 g/mol. The second kappa shape index (κ2) is 6.36. The molecule has 2 rings (SSSR count). The van der Waals surface area contributed by atoms with Crippen LogP contribution in [0.25, 0.3) is 0 Å². The molecule has 1 aromatic heterocycles. The molecule has 1 aliphatic heterocycles. The molecule has 0 spiro atoms. The predicted octanol–water partition coefficient (Wildman–Crippen LogP) is 2.30. The van der Waals surface area contributed by atoms with Gasteiger partial charge in [-0.3, -0.25) is 4.98 Å². The fourth-order valence-electron chi connectivity index (χ4n) is 2.38. The van der Waals surface area contributed by atoms with Crippen LogP contribution < -0.4 is 4.90 Å². The van der Waals surface area contributed by atoms with Crippen LogP contribution in [0.3, 0.4) is 0 Å². The van der Waals surface area contributed by atoms with Crippen molar-refractivity contribution in [3.63, 3.8) is 0 Å². The molecule has 0 saturated carbocycles. The van der Waals surface area contributed by atoms with E-state index in [0.29, 0.717) is 0 Å². The Balaban J connectivity index is 2.01. The van der Waals surface area contributed by atoms with Gasteiger partial charge < -0.3 is 9.80 Å². The third-order valence-corrected chi connectivity index (χ3v) is 3.68. The van der Waals surface area contributed by atoms with E-state index in [1.807, 2.05) is 12.4 Å². The van der Waals surface area contributed by atoms with E-state index in [1.54, 1.807) is 0 Å². The first-order valence-corrected chi connectivity index (χ1v) is 7.37. The molecule has 4 heteroatoms. The highest BCUT2D eigenvalue weighted by Gasteiger charge is 2.15. The maximum absolute atomic E-state index is 4.16. The van der Waals surface area contributed by atoms with Crippen molar-refractivity contribution in [2.24, 2.45) is 0 Å². The summed E-state index contributed by atoms with van der Waals surface area (Å²) in [7, 11) is 0. The van der Waals surface area contributed by atoms with Crippen LogP contribution in [0.5, 0.6) is 0 Å². The SMILES string of the molecule is Cc1cnccc1N1CCCN(CCBr)CC1. The minimum Gasteiger partial charge on any atom is -0.370 e. The number of hydrogen-bond donors (Lipinski definition) is 0. The maximum Gasteiger partial charge on any atom is 0.0427 e. The Hall–Kier alpha value is -0.610. The van der Waals surface area contributed by atoms with Crippen molar-refractivity contribution in [2.75, 3.05) is 43.0 Å². The minimum absolute atomic E-state index is 1.07. The number of rotatable bonds is 3. The van der Waals surface area contributed by atoms with E-state index in [-0.39, 0.29) is 0 Å². The van der Waals surface area contributed by atoms with Crippen LogP contribution >= 0.6 is 15.9 Å². The Kier molecular flexibility index (Phi) is 4.80. The lowest BCUT2D eigenvalue weighted by Gasteiger charge is -2.24. The first-order valence-electron chi connectivity index (χ1n) is 6.25. The molecule has 17 heavy (non-hydrogen) atoms. The summed E-state index contributed by atoms with van der Waals surface area (Å²) in [6.45, 7) is 7.95. The highest BCUT2D eigenvalue weighted by Crippen LogP contribution is 2.19. The molecule has 0 unspecified atom stereocenters. The standard InChI is InChI=1S/C13H20BrN3/c1-12-11-15-5-3-13(12)17-7-2-6-16(8-4-14)9-10-17/h3,5,11H,2,4,6-10H2,1H3. The highest BCUT2D eigenvalue weighted by molar-refractivity contribution is 9.09. The largest absolute Gasteiger partial charge is 0.370 e. The number of alkyl halides is 1. The van der Waals surface area contributed by atoms with Crippen molar-refractivity contribution in [1.29, 1.82) is 0 Å². The molecule has 1 aliphatic rings. The molecule has 0 N–H and O–H groups in total. The quantitative estimate of drug-likeness (QED) is 0.798. The lowest BCUT2D eigenvalue weighted by atomic mass is 10.2. The van der Waals surface area contributed by atoms with Gasteiger partial charge in [0.25, 0.3) is 0 Å². The second-order valence-electron chi connectivity index (χ2n) is 4.53. The molecule has 2 heterocycles. The van der Waals surface area contributed by atoms with Crippen LogP contribution in [0.15, 0.2) is 18.5 Å². The summed E-state index contributed by atoms with van der Waals surface area (Å²) in [4.78, 5) is 9.19. The Morgan fingerprint density at radius 3 is 2.94 bits per heavy atom. The summed E-state index contributed by atoms with van der Waals surface area (Å²) in [6, 6.07) is 2.13. The van der Waals surface area contributed by atoms with Crippen molar-refractivity contribution in [3.8, 4) is 0 Å². The normalized spacial score (nSPS) is 18.1. The summed E-state index contributed by atoms with van der Waals surface area (Å²) < 4.78 is 0. The lowest BCUT2D eigenvalue weighted by molar-refractivity contribution is 0.313. The number of nitrogens with zero attached hydrogens (tertiary/aromatic N) is 3. The molecule has 0 aromatic carbocycles. The molecule has 1 saturated heterocycles. The van der Waals surface area contributed by atoms with E-state index in [1.165, 1.54) is 24.2 Å². The summed E-state index contributed by atoms with van der Waals surface area (Å²) in [5, 5.41) is 1.07. The number of aryl methyl sites for hydroxylation is 1. The molecule has 94 valence electrons. The molecule has 0 bridgehead atoms. The van der Waals surface area contributed by atoms with Crippen LogP contribution in [0.2, 0.25) is 0 Å².